The summed E-state index contributed by atoms with van der Waals surface area (Å²) in [4.78, 5) is 50.7. The molecule has 2 amide bonds. The first-order valence-corrected chi connectivity index (χ1v) is 12.3. The van der Waals surface area contributed by atoms with Gasteiger partial charge in [0.25, 0.3) is 0 Å². The van der Waals surface area contributed by atoms with E-state index in [1.54, 1.807) is 20.8 Å². The van der Waals surface area contributed by atoms with Crippen LogP contribution in [0.2, 0.25) is 0 Å². The number of hydrogen-bond donors (Lipinski definition) is 3. The fourth-order valence-electron chi connectivity index (χ4n) is 4.18. The molecule has 4 N–H and O–H groups in total. The molecule has 0 unspecified atom stereocenters. The number of rotatable bonds is 10. The third kappa shape index (κ3) is 5.68. The highest BCUT2D eigenvalue weighted by Crippen LogP contribution is 2.47. The SMILES string of the molecule is CCC(=O)c1ccc(F)c([C@H]2C[C@H]2NC(=O)Nc2ccc(C#N)cn2)c1OCO[C@@H]1OOC(=O)[C@@]1(N)C(C)C. The van der Waals surface area contributed by atoms with Gasteiger partial charge in [-0.15, -0.1) is 0 Å². The fourth-order valence-corrected chi connectivity index (χ4v) is 4.18. The Hall–Kier alpha value is -4.12. The highest BCUT2D eigenvalue weighted by atomic mass is 19.1. The van der Waals surface area contributed by atoms with Gasteiger partial charge in [-0.3, -0.25) is 15.0 Å². The molecule has 1 saturated heterocycles. The Labute approximate surface area is 223 Å². The van der Waals surface area contributed by atoms with Crippen molar-refractivity contribution in [1.82, 2.24) is 10.3 Å². The van der Waals surface area contributed by atoms with Crippen molar-refractivity contribution in [2.75, 3.05) is 12.1 Å². The minimum atomic E-state index is -1.58. The standard InChI is InChI=1S/C26H28FN5O7/c1-4-19(33)15-6-7-17(27)21(22(15)36-12-37-24-26(29,13(2)3)23(34)38-39-24)16-9-18(16)31-25(35)32-20-8-5-14(10-28)11-30-20/h5-8,11,13,16,18,24H,4,9,12,29H2,1-3H3,(H2,30,31,32,35)/t16-,18+,24+,26-/m0/s1. The summed E-state index contributed by atoms with van der Waals surface area (Å²) in [6, 6.07) is 6.42. The van der Waals surface area contributed by atoms with Gasteiger partial charge >= 0.3 is 12.0 Å². The second-order valence-corrected chi connectivity index (χ2v) is 9.52. The Morgan fingerprint density at radius 2 is 2.10 bits per heavy atom. The zero-order valence-corrected chi connectivity index (χ0v) is 21.5. The van der Waals surface area contributed by atoms with Crippen molar-refractivity contribution in [1.29, 1.82) is 5.26 Å². The predicted octanol–water partition coefficient (Wildman–Crippen LogP) is 2.88. The Bertz CT molecular complexity index is 1310. The van der Waals surface area contributed by atoms with E-state index >= 15 is 4.39 Å². The number of ketones is 1. The Kier molecular flexibility index (Phi) is 8.10. The van der Waals surface area contributed by atoms with Crippen LogP contribution in [-0.4, -0.2) is 47.4 Å². The maximum Gasteiger partial charge on any atom is 0.367 e. The van der Waals surface area contributed by atoms with E-state index in [0.717, 1.165) is 0 Å². The number of carbonyl (C=O) groups is 3. The van der Waals surface area contributed by atoms with Crippen molar-refractivity contribution in [2.24, 2.45) is 11.7 Å². The van der Waals surface area contributed by atoms with Gasteiger partial charge in [-0.05, 0) is 36.6 Å². The minimum absolute atomic E-state index is 0.0253. The van der Waals surface area contributed by atoms with Gasteiger partial charge in [0.1, 0.15) is 23.5 Å². The van der Waals surface area contributed by atoms with Crippen LogP contribution < -0.4 is 21.1 Å². The second-order valence-electron chi connectivity index (χ2n) is 9.52. The summed E-state index contributed by atoms with van der Waals surface area (Å²) in [7, 11) is 0. The zero-order chi connectivity index (χ0) is 28.3. The second kappa shape index (κ2) is 11.3. The van der Waals surface area contributed by atoms with Gasteiger partial charge in [-0.1, -0.05) is 20.8 Å². The number of ether oxygens (including phenoxy) is 2. The van der Waals surface area contributed by atoms with E-state index in [-0.39, 0.29) is 34.9 Å². The molecule has 39 heavy (non-hydrogen) atoms. The number of nitrogens with zero attached hydrogens (tertiary/aromatic N) is 2. The smallest absolute Gasteiger partial charge is 0.367 e. The lowest BCUT2D eigenvalue weighted by Gasteiger charge is -2.27. The summed E-state index contributed by atoms with van der Waals surface area (Å²) in [5.41, 5.74) is 5.18. The van der Waals surface area contributed by atoms with Crippen molar-refractivity contribution in [3.05, 3.63) is 53.0 Å². The van der Waals surface area contributed by atoms with Crippen LogP contribution in [0.1, 0.15) is 61.0 Å². The van der Waals surface area contributed by atoms with Crippen LogP contribution in [0.15, 0.2) is 30.5 Å². The fraction of sp³-hybridized carbons (Fsp3) is 0.423. The number of amides is 2. The van der Waals surface area contributed by atoms with E-state index in [1.807, 2.05) is 6.07 Å². The summed E-state index contributed by atoms with van der Waals surface area (Å²) in [6.45, 7) is 4.53. The number of Topliss-reactive ketones (excluding diaryl/α,β-unsaturated/α-hetero) is 1. The lowest BCUT2D eigenvalue weighted by Crippen LogP contribution is -2.58. The van der Waals surface area contributed by atoms with Crippen molar-refractivity contribution in [2.45, 2.75) is 57.4 Å². The minimum Gasteiger partial charge on any atom is -0.466 e. The molecule has 2 aliphatic rings. The molecule has 4 rings (SSSR count). The molecule has 1 saturated carbocycles. The van der Waals surface area contributed by atoms with E-state index in [2.05, 4.69) is 20.5 Å². The molecule has 1 aliphatic carbocycles. The quantitative estimate of drug-likeness (QED) is 0.230. The van der Waals surface area contributed by atoms with E-state index in [4.69, 9.17) is 25.4 Å². The number of carbonyl (C=O) groups excluding carboxylic acids is 3. The van der Waals surface area contributed by atoms with Crippen LogP contribution in [0.4, 0.5) is 15.0 Å². The normalized spacial score (nSPS) is 23.6. The summed E-state index contributed by atoms with van der Waals surface area (Å²) < 4.78 is 26.4. The Balaban J connectivity index is 1.48. The van der Waals surface area contributed by atoms with Crippen LogP contribution in [0.5, 0.6) is 5.75 Å². The number of halogens is 1. The molecule has 4 atom stereocenters. The Morgan fingerprint density at radius 1 is 1.33 bits per heavy atom. The molecule has 12 nitrogen and oxygen atoms in total. The molecule has 1 aromatic heterocycles. The van der Waals surface area contributed by atoms with Gasteiger partial charge in [-0.2, -0.15) is 10.1 Å². The van der Waals surface area contributed by atoms with Gasteiger partial charge in [0.05, 0.1) is 11.1 Å². The van der Waals surface area contributed by atoms with Crippen molar-refractivity contribution < 1.29 is 38.0 Å². The maximum absolute atomic E-state index is 15.1. The summed E-state index contributed by atoms with van der Waals surface area (Å²) in [5, 5.41) is 14.2. The van der Waals surface area contributed by atoms with Gasteiger partial charge in [0.15, 0.2) is 18.1 Å². The van der Waals surface area contributed by atoms with E-state index < -0.39 is 54.3 Å². The number of aromatic nitrogens is 1. The van der Waals surface area contributed by atoms with E-state index in [1.165, 1.54) is 30.5 Å². The third-order valence-electron chi connectivity index (χ3n) is 6.71. The maximum atomic E-state index is 15.1. The molecule has 0 bridgehead atoms. The number of hydrogen-bond acceptors (Lipinski definition) is 10. The number of benzene rings is 1. The average molecular weight is 542 g/mol. The molecular weight excluding hydrogens is 513 g/mol. The number of urea groups is 1. The molecule has 2 aromatic rings. The molecular formula is C26H28FN5O7. The highest BCUT2D eigenvalue weighted by molar-refractivity contribution is 5.99. The summed E-state index contributed by atoms with van der Waals surface area (Å²) >= 11 is 0. The van der Waals surface area contributed by atoms with E-state index in [0.29, 0.717) is 12.0 Å². The lowest BCUT2D eigenvalue weighted by atomic mass is 9.87. The monoisotopic (exact) mass is 541 g/mol. The van der Waals surface area contributed by atoms with Crippen molar-refractivity contribution in [3.8, 4) is 11.8 Å². The largest absolute Gasteiger partial charge is 0.466 e. The molecule has 1 aromatic carbocycles. The molecule has 206 valence electrons. The van der Waals surface area contributed by atoms with Gasteiger partial charge < -0.3 is 20.5 Å². The predicted molar refractivity (Wildman–Crippen MR) is 133 cm³/mol. The number of nitrogens with two attached hydrogens (primary N) is 1. The molecule has 0 radical (unpaired) electrons. The zero-order valence-electron chi connectivity index (χ0n) is 21.5. The molecule has 2 heterocycles. The summed E-state index contributed by atoms with van der Waals surface area (Å²) in [6.07, 6.45) is 0.560. The number of pyridine rings is 1. The van der Waals surface area contributed by atoms with Crippen molar-refractivity contribution >= 4 is 23.6 Å². The van der Waals surface area contributed by atoms with Gasteiger partial charge in [0.2, 0.25) is 6.29 Å². The van der Waals surface area contributed by atoms with Crippen LogP contribution >= 0.6 is 0 Å². The van der Waals surface area contributed by atoms with Gasteiger partial charge in [-0.25, -0.2) is 19.0 Å². The number of anilines is 1. The van der Waals surface area contributed by atoms with E-state index in [9.17, 15) is 14.4 Å². The molecule has 2 fully saturated rings. The molecule has 0 spiro atoms. The average Bonchev–Trinajstić information content (AvgIpc) is 3.60. The topological polar surface area (TPSA) is 175 Å². The van der Waals surface area contributed by atoms with Crippen LogP contribution in [0.25, 0.3) is 0 Å². The lowest BCUT2D eigenvalue weighted by molar-refractivity contribution is -0.327. The number of nitrogens with one attached hydrogen (secondary N) is 2. The molecule has 1 aliphatic heterocycles. The van der Waals surface area contributed by atoms with Gasteiger partial charge in [0, 0.05) is 30.1 Å². The molecule has 13 heteroatoms. The summed E-state index contributed by atoms with van der Waals surface area (Å²) in [5.74, 6) is -2.37. The van der Waals surface area contributed by atoms with Crippen LogP contribution in [0, 0.1) is 23.1 Å². The highest BCUT2D eigenvalue weighted by Gasteiger charge is 2.55. The third-order valence-corrected chi connectivity index (χ3v) is 6.71. The first kappa shape index (κ1) is 27.9. The van der Waals surface area contributed by atoms with Crippen LogP contribution in [0.3, 0.4) is 0 Å². The number of nitriles is 1. The first-order chi connectivity index (χ1) is 18.6. The van der Waals surface area contributed by atoms with Crippen LogP contribution in [-0.2, 0) is 19.3 Å². The first-order valence-electron chi connectivity index (χ1n) is 12.3. The Morgan fingerprint density at radius 3 is 2.74 bits per heavy atom. The van der Waals surface area contributed by atoms with Crippen molar-refractivity contribution in [3.63, 3.8) is 0 Å².